The van der Waals surface area contributed by atoms with Gasteiger partial charge in [0.05, 0.1) is 0 Å². The number of halogens is 1. The van der Waals surface area contributed by atoms with Crippen molar-refractivity contribution in [1.82, 2.24) is 5.32 Å². The van der Waals surface area contributed by atoms with E-state index in [-0.39, 0.29) is 17.5 Å². The molecule has 0 aromatic heterocycles. The third-order valence-electron chi connectivity index (χ3n) is 3.49. The fourth-order valence-corrected chi connectivity index (χ4v) is 2.74. The van der Waals surface area contributed by atoms with E-state index < -0.39 is 0 Å². The molecule has 0 aliphatic heterocycles. The highest BCUT2D eigenvalue weighted by Crippen LogP contribution is 2.18. The van der Waals surface area contributed by atoms with Crippen LogP contribution in [0.1, 0.15) is 37.7 Å². The second-order valence-electron chi connectivity index (χ2n) is 5.03. The Bertz CT molecular complexity index is 537. The van der Waals surface area contributed by atoms with Crippen LogP contribution in [0.25, 0.3) is 6.08 Å². The summed E-state index contributed by atoms with van der Waals surface area (Å²) in [6.45, 7) is 0. The van der Waals surface area contributed by atoms with Gasteiger partial charge in [0, 0.05) is 9.61 Å². The van der Waals surface area contributed by atoms with Crippen molar-refractivity contribution in [2.45, 2.75) is 38.1 Å². The monoisotopic (exact) mass is 380 g/mol. The van der Waals surface area contributed by atoms with E-state index in [4.69, 9.17) is 5.26 Å². The maximum atomic E-state index is 12.1. The maximum Gasteiger partial charge on any atom is 0.262 e. The molecule has 4 heteroatoms. The molecule has 20 heavy (non-hydrogen) atoms. The molecule has 0 unspecified atom stereocenters. The smallest absolute Gasteiger partial charge is 0.262 e. The molecule has 1 N–H and O–H groups in total. The molecule has 0 atom stereocenters. The standard InChI is InChI=1S/C16H17IN2O/c17-14-8-6-12(7-9-14)10-13(11-18)16(20)19-15-4-2-1-3-5-15/h6-10,15H,1-5H2,(H,19,20). The van der Waals surface area contributed by atoms with Crippen molar-refractivity contribution in [3.63, 3.8) is 0 Å². The topological polar surface area (TPSA) is 52.9 Å². The molecule has 1 aromatic rings. The van der Waals surface area contributed by atoms with Crippen LogP contribution in [0.4, 0.5) is 0 Å². The number of hydrogen-bond acceptors (Lipinski definition) is 2. The summed E-state index contributed by atoms with van der Waals surface area (Å²) in [7, 11) is 0. The number of nitrogens with zero attached hydrogens (tertiary/aromatic N) is 1. The summed E-state index contributed by atoms with van der Waals surface area (Å²) in [6.07, 6.45) is 7.26. The molecule has 0 radical (unpaired) electrons. The zero-order valence-corrected chi connectivity index (χ0v) is 13.4. The third kappa shape index (κ3) is 4.34. The van der Waals surface area contributed by atoms with E-state index in [1.54, 1.807) is 6.08 Å². The molecule has 2 rings (SSSR count). The van der Waals surface area contributed by atoms with Crippen LogP contribution in [0.5, 0.6) is 0 Å². The first-order chi connectivity index (χ1) is 9.69. The summed E-state index contributed by atoms with van der Waals surface area (Å²) < 4.78 is 1.13. The van der Waals surface area contributed by atoms with Gasteiger partial charge in [-0.05, 0) is 59.2 Å². The molecule has 3 nitrogen and oxygen atoms in total. The van der Waals surface area contributed by atoms with Crippen LogP contribution in [0, 0.1) is 14.9 Å². The summed E-state index contributed by atoms with van der Waals surface area (Å²) in [4.78, 5) is 12.1. The van der Waals surface area contributed by atoms with Crippen molar-refractivity contribution in [3.8, 4) is 6.07 Å². The Hall–Kier alpha value is -1.35. The lowest BCUT2D eigenvalue weighted by molar-refractivity contribution is -0.117. The molecule has 1 aromatic carbocycles. The van der Waals surface area contributed by atoms with Gasteiger partial charge in [0.1, 0.15) is 11.6 Å². The van der Waals surface area contributed by atoms with Crippen LogP contribution in [0.15, 0.2) is 29.8 Å². The van der Waals surface area contributed by atoms with Crippen LogP contribution in [0.3, 0.4) is 0 Å². The minimum Gasteiger partial charge on any atom is -0.349 e. The van der Waals surface area contributed by atoms with Crippen molar-refractivity contribution < 1.29 is 4.79 Å². The first-order valence-electron chi connectivity index (χ1n) is 6.87. The summed E-state index contributed by atoms with van der Waals surface area (Å²) in [5, 5.41) is 12.1. The lowest BCUT2D eigenvalue weighted by atomic mass is 9.95. The lowest BCUT2D eigenvalue weighted by Crippen LogP contribution is -2.36. The molecule has 1 fully saturated rings. The second kappa shape index (κ2) is 7.44. The van der Waals surface area contributed by atoms with E-state index in [9.17, 15) is 4.79 Å². The molecule has 104 valence electrons. The van der Waals surface area contributed by atoms with Crippen LogP contribution < -0.4 is 5.32 Å². The Morgan fingerprint density at radius 1 is 1.25 bits per heavy atom. The van der Waals surface area contributed by atoms with Crippen LogP contribution >= 0.6 is 22.6 Å². The predicted octanol–water partition coefficient (Wildman–Crippen LogP) is 3.65. The largest absolute Gasteiger partial charge is 0.349 e. The quantitative estimate of drug-likeness (QED) is 0.495. The van der Waals surface area contributed by atoms with Gasteiger partial charge in [0.25, 0.3) is 5.91 Å². The summed E-state index contributed by atoms with van der Waals surface area (Å²) in [5.41, 5.74) is 1.05. The average Bonchev–Trinajstić information content (AvgIpc) is 2.47. The van der Waals surface area contributed by atoms with Gasteiger partial charge in [0.2, 0.25) is 0 Å². The van der Waals surface area contributed by atoms with Gasteiger partial charge in [-0.15, -0.1) is 0 Å². The molecular weight excluding hydrogens is 363 g/mol. The van der Waals surface area contributed by atoms with E-state index in [1.807, 2.05) is 30.3 Å². The molecule has 0 saturated heterocycles. The highest BCUT2D eigenvalue weighted by atomic mass is 127. The SMILES string of the molecule is N#CC(=Cc1ccc(I)cc1)C(=O)NC1CCCCC1. The van der Waals surface area contributed by atoms with Gasteiger partial charge >= 0.3 is 0 Å². The molecule has 1 saturated carbocycles. The van der Waals surface area contributed by atoms with E-state index in [1.165, 1.54) is 6.42 Å². The second-order valence-corrected chi connectivity index (χ2v) is 6.28. The minimum atomic E-state index is -0.252. The van der Waals surface area contributed by atoms with Gasteiger partial charge in [-0.3, -0.25) is 4.79 Å². The molecule has 1 aliphatic carbocycles. The first-order valence-corrected chi connectivity index (χ1v) is 7.95. The van der Waals surface area contributed by atoms with Crippen LogP contribution in [-0.4, -0.2) is 11.9 Å². The molecule has 0 bridgehead atoms. The predicted molar refractivity (Wildman–Crippen MR) is 87.8 cm³/mol. The number of carbonyl (C=O) groups excluding carboxylic acids is 1. The highest BCUT2D eigenvalue weighted by Gasteiger charge is 2.17. The van der Waals surface area contributed by atoms with E-state index >= 15 is 0 Å². The van der Waals surface area contributed by atoms with Crippen molar-refractivity contribution in [1.29, 1.82) is 5.26 Å². The Morgan fingerprint density at radius 3 is 2.50 bits per heavy atom. The number of rotatable bonds is 3. The maximum absolute atomic E-state index is 12.1. The molecule has 0 heterocycles. The fraction of sp³-hybridized carbons (Fsp3) is 0.375. The Kier molecular flexibility index (Phi) is 5.60. The van der Waals surface area contributed by atoms with Crippen molar-refractivity contribution in [2.24, 2.45) is 0 Å². The van der Waals surface area contributed by atoms with E-state index in [0.29, 0.717) is 0 Å². The molecular formula is C16H17IN2O. The van der Waals surface area contributed by atoms with Gasteiger partial charge in [-0.25, -0.2) is 0 Å². The summed E-state index contributed by atoms with van der Waals surface area (Å²) in [5.74, 6) is -0.252. The average molecular weight is 380 g/mol. The highest BCUT2D eigenvalue weighted by molar-refractivity contribution is 14.1. The van der Waals surface area contributed by atoms with Crippen LogP contribution in [-0.2, 0) is 4.79 Å². The van der Waals surface area contributed by atoms with Crippen LogP contribution in [0.2, 0.25) is 0 Å². The van der Waals surface area contributed by atoms with Crippen molar-refractivity contribution in [2.75, 3.05) is 0 Å². The minimum absolute atomic E-state index is 0.178. The number of benzene rings is 1. The summed E-state index contributed by atoms with van der Waals surface area (Å²) >= 11 is 2.22. The van der Waals surface area contributed by atoms with Gasteiger partial charge < -0.3 is 5.32 Å². The first kappa shape index (κ1) is 15.0. The van der Waals surface area contributed by atoms with Crippen molar-refractivity contribution in [3.05, 3.63) is 39.0 Å². The summed E-state index contributed by atoms with van der Waals surface area (Å²) in [6, 6.07) is 9.97. The Balaban J connectivity index is 2.05. The number of carbonyl (C=O) groups is 1. The fourth-order valence-electron chi connectivity index (χ4n) is 2.38. The zero-order valence-electron chi connectivity index (χ0n) is 11.2. The Labute approximate surface area is 133 Å². The van der Waals surface area contributed by atoms with Gasteiger partial charge in [-0.2, -0.15) is 5.26 Å². The number of nitrogens with one attached hydrogen (secondary N) is 1. The lowest BCUT2D eigenvalue weighted by Gasteiger charge is -2.22. The van der Waals surface area contributed by atoms with Crippen molar-refractivity contribution >= 4 is 34.6 Å². The molecule has 0 spiro atoms. The number of hydrogen-bond donors (Lipinski definition) is 1. The zero-order chi connectivity index (χ0) is 14.4. The molecule has 1 aliphatic rings. The third-order valence-corrected chi connectivity index (χ3v) is 4.21. The van der Waals surface area contributed by atoms with Gasteiger partial charge in [0.15, 0.2) is 0 Å². The Morgan fingerprint density at radius 2 is 1.90 bits per heavy atom. The molecule has 1 amide bonds. The number of nitriles is 1. The van der Waals surface area contributed by atoms with Gasteiger partial charge in [-0.1, -0.05) is 31.4 Å². The van der Waals surface area contributed by atoms with E-state index in [0.717, 1.165) is 34.8 Å². The number of amides is 1. The van der Waals surface area contributed by atoms with E-state index in [2.05, 4.69) is 27.9 Å². The normalized spacial score (nSPS) is 16.5.